The maximum atomic E-state index is 5.30. The molecule has 0 saturated carbocycles. The van der Waals surface area contributed by atoms with E-state index in [4.69, 9.17) is 4.74 Å². The number of methoxy groups -OCH3 is 1. The van der Waals surface area contributed by atoms with Crippen LogP contribution >= 0.6 is 0 Å². The fourth-order valence-corrected chi connectivity index (χ4v) is 3.08. The van der Waals surface area contributed by atoms with E-state index in [9.17, 15) is 0 Å². The first-order valence-electron chi connectivity index (χ1n) is 7.83. The van der Waals surface area contributed by atoms with E-state index in [0.717, 1.165) is 25.6 Å². The van der Waals surface area contributed by atoms with Crippen molar-refractivity contribution >= 4 is 0 Å². The van der Waals surface area contributed by atoms with Gasteiger partial charge in [0.05, 0.1) is 0 Å². The number of piperidine rings is 1. The normalized spacial score (nSPS) is 19.1. The van der Waals surface area contributed by atoms with Gasteiger partial charge in [-0.1, -0.05) is 37.3 Å². The number of nitrogens with zero attached hydrogens (tertiary/aromatic N) is 1. The van der Waals surface area contributed by atoms with Crippen LogP contribution in [0.3, 0.4) is 0 Å². The molecule has 20 heavy (non-hydrogen) atoms. The first-order chi connectivity index (χ1) is 9.85. The van der Waals surface area contributed by atoms with Crippen LogP contribution in [-0.2, 0) is 4.74 Å². The van der Waals surface area contributed by atoms with Gasteiger partial charge in [-0.3, -0.25) is 4.90 Å². The summed E-state index contributed by atoms with van der Waals surface area (Å²) in [6.45, 7) is 7.51. The molecular weight excluding hydrogens is 248 g/mol. The zero-order valence-electron chi connectivity index (χ0n) is 12.8. The number of benzene rings is 1. The van der Waals surface area contributed by atoms with Gasteiger partial charge in [0, 0.05) is 26.3 Å². The lowest BCUT2D eigenvalue weighted by Crippen LogP contribution is -2.41. The molecule has 0 radical (unpaired) electrons. The maximum Gasteiger partial charge on any atom is 0.0491 e. The second-order valence-corrected chi connectivity index (χ2v) is 5.67. The van der Waals surface area contributed by atoms with E-state index in [1.165, 1.54) is 31.5 Å². The lowest BCUT2D eigenvalue weighted by Gasteiger charge is -2.37. The van der Waals surface area contributed by atoms with Gasteiger partial charge in [-0.2, -0.15) is 0 Å². The molecule has 1 saturated heterocycles. The molecule has 0 bridgehead atoms. The van der Waals surface area contributed by atoms with Crippen molar-refractivity contribution < 1.29 is 4.74 Å². The second kappa shape index (κ2) is 8.40. The van der Waals surface area contributed by atoms with E-state index in [1.807, 2.05) is 7.11 Å². The van der Waals surface area contributed by atoms with Crippen molar-refractivity contribution in [3.05, 3.63) is 35.9 Å². The van der Waals surface area contributed by atoms with Crippen LogP contribution in [0, 0.1) is 5.92 Å². The first-order valence-corrected chi connectivity index (χ1v) is 7.83. The minimum absolute atomic E-state index is 0.500. The van der Waals surface area contributed by atoms with E-state index in [-0.39, 0.29) is 0 Å². The molecule has 1 aromatic rings. The van der Waals surface area contributed by atoms with Crippen LogP contribution in [0.1, 0.15) is 31.4 Å². The van der Waals surface area contributed by atoms with Gasteiger partial charge >= 0.3 is 0 Å². The number of hydrogen-bond donors (Lipinski definition) is 1. The van der Waals surface area contributed by atoms with Crippen LogP contribution < -0.4 is 5.32 Å². The van der Waals surface area contributed by atoms with Crippen molar-refractivity contribution in [3.63, 3.8) is 0 Å². The van der Waals surface area contributed by atoms with E-state index in [1.54, 1.807) is 0 Å². The Morgan fingerprint density at radius 2 is 1.95 bits per heavy atom. The molecule has 1 fully saturated rings. The molecule has 1 atom stereocenters. The van der Waals surface area contributed by atoms with Gasteiger partial charge in [0.2, 0.25) is 0 Å². The van der Waals surface area contributed by atoms with Gasteiger partial charge in [-0.25, -0.2) is 0 Å². The number of nitrogens with one attached hydrogen (secondary N) is 1. The highest BCUT2D eigenvalue weighted by Gasteiger charge is 2.25. The Bertz CT molecular complexity index is 361. The zero-order valence-corrected chi connectivity index (χ0v) is 12.8. The predicted octanol–water partition coefficient (Wildman–Crippen LogP) is 2.70. The molecule has 2 rings (SSSR count). The summed E-state index contributed by atoms with van der Waals surface area (Å²) in [5.74, 6) is 0.742. The van der Waals surface area contributed by atoms with E-state index >= 15 is 0 Å². The topological polar surface area (TPSA) is 24.5 Å². The SMILES string of the molecule is CCNCC(c1ccccc1)N1CCC(COC)CC1. The highest BCUT2D eigenvalue weighted by Crippen LogP contribution is 2.26. The van der Waals surface area contributed by atoms with Crippen molar-refractivity contribution in [3.8, 4) is 0 Å². The Balaban J connectivity index is 1.97. The Hall–Kier alpha value is -0.900. The van der Waals surface area contributed by atoms with Crippen molar-refractivity contribution in [2.45, 2.75) is 25.8 Å². The fraction of sp³-hybridized carbons (Fsp3) is 0.647. The Morgan fingerprint density at radius 3 is 2.55 bits per heavy atom. The number of ether oxygens (including phenoxy) is 1. The van der Waals surface area contributed by atoms with E-state index < -0.39 is 0 Å². The molecule has 0 aliphatic carbocycles. The summed E-state index contributed by atoms with van der Waals surface area (Å²) in [6.07, 6.45) is 2.51. The third-order valence-electron chi connectivity index (χ3n) is 4.26. The third-order valence-corrected chi connectivity index (χ3v) is 4.26. The van der Waals surface area contributed by atoms with E-state index in [0.29, 0.717) is 6.04 Å². The number of likely N-dealkylation sites (N-methyl/N-ethyl adjacent to an activating group) is 1. The predicted molar refractivity (Wildman–Crippen MR) is 83.9 cm³/mol. The standard InChI is InChI=1S/C17H28N2O/c1-3-18-13-17(16-7-5-4-6-8-16)19-11-9-15(10-12-19)14-20-2/h4-8,15,17-18H,3,9-14H2,1-2H3. The summed E-state index contributed by atoms with van der Waals surface area (Å²) >= 11 is 0. The van der Waals surface area contributed by atoms with Crippen LogP contribution in [0.25, 0.3) is 0 Å². The highest BCUT2D eigenvalue weighted by atomic mass is 16.5. The number of likely N-dealkylation sites (tertiary alicyclic amines) is 1. The molecule has 0 aromatic heterocycles. The fourth-order valence-electron chi connectivity index (χ4n) is 3.08. The van der Waals surface area contributed by atoms with Crippen LogP contribution in [0.2, 0.25) is 0 Å². The lowest BCUT2D eigenvalue weighted by molar-refractivity contribution is 0.0790. The minimum Gasteiger partial charge on any atom is -0.384 e. The average molecular weight is 276 g/mol. The van der Waals surface area contributed by atoms with Crippen molar-refractivity contribution in [2.75, 3.05) is 39.9 Å². The van der Waals surface area contributed by atoms with Crippen molar-refractivity contribution in [1.29, 1.82) is 0 Å². The van der Waals surface area contributed by atoms with Crippen LogP contribution in [0.4, 0.5) is 0 Å². The summed E-state index contributed by atoms with van der Waals surface area (Å²) in [6, 6.07) is 11.4. The van der Waals surface area contributed by atoms with Gasteiger partial charge in [-0.05, 0) is 44.0 Å². The molecule has 1 aliphatic rings. The van der Waals surface area contributed by atoms with Crippen molar-refractivity contribution in [1.82, 2.24) is 10.2 Å². The molecule has 0 spiro atoms. The van der Waals surface area contributed by atoms with Crippen LogP contribution in [0.15, 0.2) is 30.3 Å². The zero-order chi connectivity index (χ0) is 14.2. The molecule has 1 aliphatic heterocycles. The van der Waals surface area contributed by atoms with Crippen LogP contribution in [0.5, 0.6) is 0 Å². The smallest absolute Gasteiger partial charge is 0.0491 e. The molecular formula is C17H28N2O. The molecule has 112 valence electrons. The second-order valence-electron chi connectivity index (χ2n) is 5.67. The highest BCUT2D eigenvalue weighted by molar-refractivity contribution is 5.19. The molecule has 1 heterocycles. The van der Waals surface area contributed by atoms with Gasteiger partial charge in [0.25, 0.3) is 0 Å². The van der Waals surface area contributed by atoms with Crippen LogP contribution in [-0.4, -0.2) is 44.8 Å². The molecule has 3 heteroatoms. The Kier molecular flexibility index (Phi) is 6.51. The number of rotatable bonds is 7. The van der Waals surface area contributed by atoms with Gasteiger partial charge in [0.15, 0.2) is 0 Å². The Morgan fingerprint density at radius 1 is 1.25 bits per heavy atom. The molecule has 1 N–H and O–H groups in total. The lowest BCUT2D eigenvalue weighted by atomic mass is 9.94. The van der Waals surface area contributed by atoms with Gasteiger partial charge < -0.3 is 10.1 Å². The largest absolute Gasteiger partial charge is 0.384 e. The summed E-state index contributed by atoms with van der Waals surface area (Å²) in [7, 11) is 1.81. The maximum absolute atomic E-state index is 5.30. The van der Waals surface area contributed by atoms with Gasteiger partial charge in [0.1, 0.15) is 0 Å². The molecule has 0 amide bonds. The quantitative estimate of drug-likeness (QED) is 0.828. The summed E-state index contributed by atoms with van der Waals surface area (Å²) in [4.78, 5) is 2.63. The molecule has 3 nitrogen and oxygen atoms in total. The first kappa shape index (κ1) is 15.5. The Labute approximate surface area is 123 Å². The summed E-state index contributed by atoms with van der Waals surface area (Å²) in [5.41, 5.74) is 1.43. The summed E-state index contributed by atoms with van der Waals surface area (Å²) in [5, 5.41) is 3.51. The van der Waals surface area contributed by atoms with E-state index in [2.05, 4.69) is 47.5 Å². The van der Waals surface area contributed by atoms with Gasteiger partial charge in [-0.15, -0.1) is 0 Å². The molecule has 1 aromatic carbocycles. The minimum atomic E-state index is 0.500. The third kappa shape index (κ3) is 4.30. The van der Waals surface area contributed by atoms with Crippen molar-refractivity contribution in [2.24, 2.45) is 5.92 Å². The molecule has 1 unspecified atom stereocenters. The monoisotopic (exact) mass is 276 g/mol. The number of hydrogen-bond acceptors (Lipinski definition) is 3. The summed E-state index contributed by atoms with van der Waals surface area (Å²) < 4.78 is 5.30. The average Bonchev–Trinajstić information content (AvgIpc) is 2.51.